The van der Waals surface area contributed by atoms with Gasteiger partial charge in [0.1, 0.15) is 0 Å². The molecule has 0 aromatic heterocycles. The van der Waals surface area contributed by atoms with E-state index in [1.54, 1.807) is 0 Å². The van der Waals surface area contributed by atoms with Gasteiger partial charge in [-0.1, -0.05) is 25.1 Å². The molecule has 0 atom stereocenters. The third-order valence-corrected chi connectivity index (χ3v) is 6.48. The molecule has 0 saturated heterocycles. The molecule has 0 heterocycles. The van der Waals surface area contributed by atoms with Crippen molar-refractivity contribution >= 4 is 11.9 Å². The van der Waals surface area contributed by atoms with Crippen LogP contribution in [0.3, 0.4) is 0 Å². The first-order valence-electron chi connectivity index (χ1n) is 13.5. The molecule has 0 radical (unpaired) electrons. The Balaban J connectivity index is 2.18. The highest BCUT2D eigenvalue weighted by atomic mass is 16.5. The molecule has 0 saturated carbocycles. The molecule has 35 heavy (non-hydrogen) atoms. The van der Waals surface area contributed by atoms with Gasteiger partial charge in [0.05, 0.1) is 11.2 Å². The molecule has 0 N–H and O–H groups in total. The Bertz CT molecular complexity index is 756. The predicted octanol–water partition coefficient (Wildman–Crippen LogP) is 6.62. The molecule has 5 heteroatoms. The maximum Gasteiger partial charge on any atom is 0.0627 e. The Hall–Kier alpha value is -1.56. The van der Waals surface area contributed by atoms with Gasteiger partial charge in [-0.05, 0) is 110 Å². The van der Waals surface area contributed by atoms with Crippen LogP contribution in [0.4, 0.5) is 0 Å². The largest absolute Gasteiger partial charge is 0.376 e. The van der Waals surface area contributed by atoms with Gasteiger partial charge in [0.2, 0.25) is 0 Å². The number of nitrogens with zero attached hydrogens (tertiary/aromatic N) is 3. The summed E-state index contributed by atoms with van der Waals surface area (Å²) >= 11 is 0. The third-order valence-electron chi connectivity index (χ3n) is 6.48. The summed E-state index contributed by atoms with van der Waals surface area (Å²) in [4.78, 5) is 11.2. The number of aliphatic imine (C=N–C) groups is 2. The lowest BCUT2D eigenvalue weighted by molar-refractivity contribution is -0.0386. The van der Waals surface area contributed by atoms with Crippen LogP contribution in [0.15, 0.2) is 34.3 Å². The Labute approximate surface area is 216 Å². The fourth-order valence-electron chi connectivity index (χ4n) is 3.91. The zero-order chi connectivity index (χ0) is 26.2. The fourth-order valence-corrected chi connectivity index (χ4v) is 3.91. The van der Waals surface area contributed by atoms with E-state index >= 15 is 0 Å². The number of ether oxygens (including phenoxy) is 2. The summed E-state index contributed by atoms with van der Waals surface area (Å²) in [5, 5.41) is 0. The van der Waals surface area contributed by atoms with Crippen LogP contribution in [-0.2, 0) is 15.9 Å². The van der Waals surface area contributed by atoms with Crippen LogP contribution >= 0.6 is 0 Å². The molecular weight excluding hydrogens is 434 g/mol. The van der Waals surface area contributed by atoms with E-state index in [9.17, 15) is 0 Å². The van der Waals surface area contributed by atoms with Crippen molar-refractivity contribution < 1.29 is 9.47 Å². The number of benzene rings is 1. The Morgan fingerprint density at radius 3 is 2.29 bits per heavy atom. The molecule has 1 aromatic carbocycles. The number of rotatable bonds is 19. The van der Waals surface area contributed by atoms with Crippen LogP contribution in [0.2, 0.25) is 0 Å². The number of hydrogen-bond donors (Lipinski definition) is 0. The van der Waals surface area contributed by atoms with E-state index in [0.717, 1.165) is 82.6 Å². The molecule has 200 valence electrons. The van der Waals surface area contributed by atoms with E-state index in [2.05, 4.69) is 87.7 Å². The van der Waals surface area contributed by atoms with Crippen molar-refractivity contribution in [2.75, 3.05) is 46.9 Å². The molecule has 1 rings (SSSR count). The summed E-state index contributed by atoms with van der Waals surface area (Å²) in [6.07, 6.45) is 9.34. The van der Waals surface area contributed by atoms with E-state index in [1.165, 1.54) is 12.0 Å². The normalized spacial score (nSPS) is 13.3. The molecule has 0 aliphatic carbocycles. The van der Waals surface area contributed by atoms with Crippen LogP contribution in [0.1, 0.15) is 91.2 Å². The molecular formula is C30H53N3O2. The molecule has 0 spiro atoms. The van der Waals surface area contributed by atoms with Gasteiger partial charge in [-0.3, -0.25) is 9.98 Å². The number of unbranched alkanes of at least 4 members (excludes halogenated alkanes) is 1. The second-order valence-electron chi connectivity index (χ2n) is 10.9. The molecule has 5 nitrogen and oxygen atoms in total. The van der Waals surface area contributed by atoms with Gasteiger partial charge >= 0.3 is 0 Å². The lowest BCUT2D eigenvalue weighted by atomic mass is 10.0. The third kappa shape index (κ3) is 15.9. The van der Waals surface area contributed by atoms with Crippen molar-refractivity contribution in [1.29, 1.82) is 0 Å². The average molecular weight is 488 g/mol. The molecule has 0 aliphatic heterocycles. The van der Waals surface area contributed by atoms with E-state index in [1.807, 2.05) is 13.3 Å². The van der Waals surface area contributed by atoms with Gasteiger partial charge in [0.15, 0.2) is 0 Å². The van der Waals surface area contributed by atoms with Crippen molar-refractivity contribution in [3.8, 4) is 0 Å². The SMILES string of the molecule is CCN(C)CCCC(C)(C)OCCCCC(C)(C)OCCCN=Cc1cccc(CC(C)=NC)c1. The van der Waals surface area contributed by atoms with Crippen LogP contribution in [0.25, 0.3) is 0 Å². The molecule has 0 bridgehead atoms. The summed E-state index contributed by atoms with van der Waals surface area (Å²) in [5.41, 5.74) is 3.42. The van der Waals surface area contributed by atoms with Gasteiger partial charge in [-0.25, -0.2) is 0 Å². The Morgan fingerprint density at radius 1 is 0.971 bits per heavy atom. The van der Waals surface area contributed by atoms with Gasteiger partial charge in [-0.15, -0.1) is 0 Å². The maximum atomic E-state index is 6.17. The zero-order valence-corrected chi connectivity index (χ0v) is 24.0. The summed E-state index contributed by atoms with van der Waals surface area (Å²) in [5.74, 6) is 0. The molecule has 0 aliphatic rings. The van der Waals surface area contributed by atoms with Crippen LogP contribution < -0.4 is 0 Å². The maximum absolute atomic E-state index is 6.17. The highest BCUT2D eigenvalue weighted by Crippen LogP contribution is 2.21. The smallest absolute Gasteiger partial charge is 0.0627 e. The quantitative estimate of drug-likeness (QED) is 0.163. The minimum Gasteiger partial charge on any atom is -0.376 e. The standard InChI is InChI=1S/C30H53N3O2/c1-9-33(8)20-13-18-30(5,6)34-21-11-10-17-29(3,4)35-22-14-19-32-25-28-16-12-15-27(24-28)23-26(2)31-7/h12,15-16,24-25H,9-11,13-14,17-23H2,1-8H3. The van der Waals surface area contributed by atoms with Crippen molar-refractivity contribution in [1.82, 2.24) is 4.90 Å². The lowest BCUT2D eigenvalue weighted by Gasteiger charge is -2.28. The molecule has 1 aromatic rings. The highest BCUT2D eigenvalue weighted by molar-refractivity contribution is 5.85. The van der Waals surface area contributed by atoms with Crippen LogP contribution in [-0.4, -0.2) is 75.0 Å². The minimum atomic E-state index is -0.100. The lowest BCUT2D eigenvalue weighted by Crippen LogP contribution is -2.28. The van der Waals surface area contributed by atoms with Gasteiger partial charge in [0.25, 0.3) is 0 Å². The first-order valence-corrected chi connectivity index (χ1v) is 13.5. The number of hydrogen-bond acceptors (Lipinski definition) is 5. The summed E-state index contributed by atoms with van der Waals surface area (Å²) < 4.78 is 12.3. The minimum absolute atomic E-state index is 0.0366. The van der Waals surface area contributed by atoms with Gasteiger partial charge in [-0.2, -0.15) is 0 Å². The summed E-state index contributed by atoms with van der Waals surface area (Å²) in [6.45, 7) is 17.7. The van der Waals surface area contributed by atoms with E-state index in [0.29, 0.717) is 0 Å². The fraction of sp³-hybridized carbons (Fsp3) is 0.733. The van der Waals surface area contributed by atoms with Gasteiger partial charge < -0.3 is 14.4 Å². The summed E-state index contributed by atoms with van der Waals surface area (Å²) in [6, 6.07) is 8.51. The second kappa shape index (κ2) is 17.0. The Kier molecular flexibility index (Phi) is 15.3. The van der Waals surface area contributed by atoms with Crippen LogP contribution in [0, 0.1) is 0 Å². The van der Waals surface area contributed by atoms with Crippen LogP contribution in [0.5, 0.6) is 0 Å². The molecule has 0 unspecified atom stereocenters. The van der Waals surface area contributed by atoms with Gasteiger partial charge in [0, 0.05) is 45.2 Å². The second-order valence-corrected chi connectivity index (χ2v) is 10.9. The van der Waals surface area contributed by atoms with E-state index < -0.39 is 0 Å². The van der Waals surface area contributed by atoms with E-state index in [-0.39, 0.29) is 11.2 Å². The van der Waals surface area contributed by atoms with Crippen molar-refractivity contribution in [3.63, 3.8) is 0 Å². The molecule has 0 amide bonds. The predicted molar refractivity (Wildman–Crippen MR) is 153 cm³/mol. The highest BCUT2D eigenvalue weighted by Gasteiger charge is 2.20. The van der Waals surface area contributed by atoms with Crippen molar-refractivity contribution in [2.24, 2.45) is 9.98 Å². The topological polar surface area (TPSA) is 46.4 Å². The first-order chi connectivity index (χ1) is 16.6. The Morgan fingerprint density at radius 2 is 1.63 bits per heavy atom. The monoisotopic (exact) mass is 487 g/mol. The zero-order valence-electron chi connectivity index (χ0n) is 24.0. The average Bonchev–Trinajstić information content (AvgIpc) is 2.80. The molecule has 0 fully saturated rings. The van der Waals surface area contributed by atoms with E-state index in [4.69, 9.17) is 9.47 Å². The van der Waals surface area contributed by atoms with Crippen molar-refractivity contribution in [2.45, 2.75) is 97.7 Å². The van der Waals surface area contributed by atoms with Crippen molar-refractivity contribution in [3.05, 3.63) is 35.4 Å². The first kappa shape index (κ1) is 31.5. The summed E-state index contributed by atoms with van der Waals surface area (Å²) in [7, 11) is 4.02.